The molecule has 1 saturated carbocycles. The molecule has 0 aromatic rings. The maximum absolute atomic E-state index is 11.5. The molecule has 1 aliphatic rings. The van der Waals surface area contributed by atoms with Crippen LogP contribution in [0.15, 0.2) is 0 Å². The molecule has 0 aromatic carbocycles. The van der Waals surface area contributed by atoms with Gasteiger partial charge in [-0.05, 0) is 25.7 Å². The highest BCUT2D eigenvalue weighted by Crippen LogP contribution is 2.27. The summed E-state index contributed by atoms with van der Waals surface area (Å²) in [5.41, 5.74) is 5.26. The molecule has 3 N–H and O–H groups in total. The molecule has 0 radical (unpaired) electrons. The Labute approximate surface area is 90.3 Å². The Morgan fingerprint density at radius 2 is 2.13 bits per heavy atom. The molecular formula is C9H18N2O3S. The normalized spacial score (nSPS) is 18.5. The van der Waals surface area contributed by atoms with Crippen molar-refractivity contribution >= 4 is 15.7 Å². The van der Waals surface area contributed by atoms with Gasteiger partial charge < -0.3 is 11.1 Å². The van der Waals surface area contributed by atoms with Crippen LogP contribution in [-0.4, -0.2) is 38.4 Å². The quantitative estimate of drug-likeness (QED) is 0.634. The molecule has 1 atom stereocenters. The van der Waals surface area contributed by atoms with E-state index in [0.717, 1.165) is 12.8 Å². The first-order chi connectivity index (χ1) is 6.95. The average Bonchev–Trinajstić information content (AvgIpc) is 2.96. The van der Waals surface area contributed by atoms with Crippen molar-refractivity contribution in [3.05, 3.63) is 0 Å². The molecule has 5 nitrogen and oxygen atoms in total. The van der Waals surface area contributed by atoms with Gasteiger partial charge in [-0.2, -0.15) is 0 Å². The van der Waals surface area contributed by atoms with Gasteiger partial charge in [-0.25, -0.2) is 8.42 Å². The molecule has 1 aliphatic carbocycles. The molecule has 6 heteroatoms. The van der Waals surface area contributed by atoms with E-state index in [1.807, 2.05) is 0 Å². The summed E-state index contributed by atoms with van der Waals surface area (Å²) in [4.78, 5) is 11.3. The van der Waals surface area contributed by atoms with Crippen molar-refractivity contribution in [2.45, 2.75) is 25.0 Å². The Balaban J connectivity index is 2.34. The van der Waals surface area contributed by atoms with Gasteiger partial charge in [-0.15, -0.1) is 0 Å². The smallest absolute Gasteiger partial charge is 0.235 e. The molecule has 88 valence electrons. The van der Waals surface area contributed by atoms with Crippen molar-refractivity contribution in [1.82, 2.24) is 5.32 Å². The van der Waals surface area contributed by atoms with Crippen LogP contribution < -0.4 is 11.1 Å². The number of amides is 1. The lowest BCUT2D eigenvalue weighted by molar-refractivity contribution is -0.118. The van der Waals surface area contributed by atoms with Crippen LogP contribution in [0.25, 0.3) is 0 Å². The molecule has 0 aromatic heterocycles. The summed E-state index contributed by atoms with van der Waals surface area (Å²) in [5, 5.41) is 1.97. The summed E-state index contributed by atoms with van der Waals surface area (Å²) < 4.78 is 23.0. The fraction of sp³-hybridized carbons (Fsp3) is 0.889. The number of carbonyl (C=O) groups is 1. The van der Waals surface area contributed by atoms with Gasteiger partial charge in [-0.3, -0.25) is 4.79 Å². The third-order valence-electron chi connectivity index (χ3n) is 2.56. The maximum Gasteiger partial charge on any atom is 0.235 e. The standard InChI is InChI=1S/C9H18N2O3S/c1-7(4-10)15(13,14)6-9(12)11-5-8-2-3-8/h7-8H,2-6,10H2,1H3,(H,11,12). The van der Waals surface area contributed by atoms with Gasteiger partial charge in [0.1, 0.15) is 5.75 Å². The van der Waals surface area contributed by atoms with Gasteiger partial charge in [0.05, 0.1) is 5.25 Å². The second kappa shape index (κ2) is 4.94. The lowest BCUT2D eigenvalue weighted by Gasteiger charge is -2.10. The van der Waals surface area contributed by atoms with Crippen molar-refractivity contribution in [3.63, 3.8) is 0 Å². The van der Waals surface area contributed by atoms with E-state index in [0.29, 0.717) is 12.5 Å². The maximum atomic E-state index is 11.5. The predicted molar refractivity (Wildman–Crippen MR) is 58.0 cm³/mol. The van der Waals surface area contributed by atoms with Crippen molar-refractivity contribution < 1.29 is 13.2 Å². The van der Waals surface area contributed by atoms with E-state index in [1.165, 1.54) is 6.92 Å². The Hall–Kier alpha value is -0.620. The summed E-state index contributed by atoms with van der Waals surface area (Å²) >= 11 is 0. The van der Waals surface area contributed by atoms with Crippen molar-refractivity contribution in [3.8, 4) is 0 Å². The van der Waals surface area contributed by atoms with Gasteiger partial charge in [-0.1, -0.05) is 0 Å². The fourth-order valence-corrected chi connectivity index (χ4v) is 2.15. The number of rotatable bonds is 6. The van der Waals surface area contributed by atoms with Crippen molar-refractivity contribution in [1.29, 1.82) is 0 Å². The van der Waals surface area contributed by atoms with Gasteiger partial charge in [0.2, 0.25) is 5.91 Å². The van der Waals surface area contributed by atoms with Crippen LogP contribution in [0, 0.1) is 5.92 Å². The summed E-state index contributed by atoms with van der Waals surface area (Å²) in [6, 6.07) is 0. The highest BCUT2D eigenvalue weighted by atomic mass is 32.2. The highest BCUT2D eigenvalue weighted by molar-refractivity contribution is 7.92. The molecule has 1 fully saturated rings. The topological polar surface area (TPSA) is 89.3 Å². The number of nitrogens with one attached hydrogen (secondary N) is 1. The minimum absolute atomic E-state index is 0.0538. The minimum atomic E-state index is -3.37. The van der Waals surface area contributed by atoms with E-state index in [4.69, 9.17) is 5.73 Å². The number of sulfone groups is 1. The first-order valence-corrected chi connectivity index (χ1v) is 6.85. The summed E-state index contributed by atoms with van der Waals surface area (Å²) in [6.07, 6.45) is 2.26. The first-order valence-electron chi connectivity index (χ1n) is 5.14. The molecule has 1 unspecified atom stereocenters. The van der Waals surface area contributed by atoms with E-state index in [9.17, 15) is 13.2 Å². The van der Waals surface area contributed by atoms with Crippen LogP contribution in [0.3, 0.4) is 0 Å². The second-order valence-corrected chi connectivity index (χ2v) is 6.52. The summed E-state index contributed by atoms with van der Waals surface area (Å²) in [7, 11) is -3.37. The molecule has 1 amide bonds. The molecule has 0 bridgehead atoms. The minimum Gasteiger partial charge on any atom is -0.355 e. The molecule has 1 rings (SSSR count). The Morgan fingerprint density at radius 1 is 1.53 bits per heavy atom. The van der Waals surface area contributed by atoms with Crippen LogP contribution in [0.1, 0.15) is 19.8 Å². The van der Waals surface area contributed by atoms with Crippen LogP contribution in [0.2, 0.25) is 0 Å². The Bertz CT molecular complexity index is 322. The van der Waals surface area contributed by atoms with Gasteiger partial charge in [0.15, 0.2) is 9.84 Å². The third-order valence-corrected chi connectivity index (χ3v) is 4.65. The van der Waals surface area contributed by atoms with Crippen LogP contribution >= 0.6 is 0 Å². The Kier molecular flexibility index (Phi) is 4.10. The van der Waals surface area contributed by atoms with E-state index in [2.05, 4.69) is 5.32 Å². The van der Waals surface area contributed by atoms with E-state index < -0.39 is 26.7 Å². The average molecular weight is 234 g/mol. The van der Waals surface area contributed by atoms with Gasteiger partial charge >= 0.3 is 0 Å². The van der Waals surface area contributed by atoms with Crippen LogP contribution in [-0.2, 0) is 14.6 Å². The zero-order valence-corrected chi connectivity index (χ0v) is 9.72. The second-order valence-electron chi connectivity index (χ2n) is 4.10. The summed E-state index contributed by atoms with van der Waals surface area (Å²) in [5.74, 6) is -0.302. The highest BCUT2D eigenvalue weighted by Gasteiger charge is 2.25. The molecule has 0 heterocycles. The van der Waals surface area contributed by atoms with Crippen LogP contribution in [0.4, 0.5) is 0 Å². The molecule has 15 heavy (non-hydrogen) atoms. The largest absolute Gasteiger partial charge is 0.355 e. The first kappa shape index (κ1) is 12.4. The third kappa shape index (κ3) is 4.17. The molecule has 0 aliphatic heterocycles. The Morgan fingerprint density at radius 3 is 2.60 bits per heavy atom. The number of carbonyl (C=O) groups excluding carboxylic acids is 1. The molecule has 0 spiro atoms. The number of nitrogens with two attached hydrogens (primary N) is 1. The zero-order valence-electron chi connectivity index (χ0n) is 8.90. The molecule has 0 saturated heterocycles. The zero-order chi connectivity index (χ0) is 11.5. The van der Waals surface area contributed by atoms with E-state index in [1.54, 1.807) is 0 Å². The molecular weight excluding hydrogens is 216 g/mol. The SMILES string of the molecule is CC(CN)S(=O)(=O)CC(=O)NCC1CC1. The monoisotopic (exact) mass is 234 g/mol. The van der Waals surface area contributed by atoms with Gasteiger partial charge in [0, 0.05) is 13.1 Å². The van der Waals surface area contributed by atoms with E-state index >= 15 is 0 Å². The lowest BCUT2D eigenvalue weighted by atomic mass is 10.4. The van der Waals surface area contributed by atoms with Crippen LogP contribution in [0.5, 0.6) is 0 Å². The lowest BCUT2D eigenvalue weighted by Crippen LogP contribution is -2.37. The number of hydrogen-bond acceptors (Lipinski definition) is 4. The van der Waals surface area contributed by atoms with Gasteiger partial charge in [0.25, 0.3) is 0 Å². The number of hydrogen-bond donors (Lipinski definition) is 2. The summed E-state index contributed by atoms with van der Waals surface area (Å²) in [6.45, 7) is 2.17. The predicted octanol–water partition coefficient (Wildman–Crippen LogP) is -0.725. The van der Waals surface area contributed by atoms with E-state index in [-0.39, 0.29) is 6.54 Å². The van der Waals surface area contributed by atoms with Crippen molar-refractivity contribution in [2.24, 2.45) is 11.7 Å². The fourth-order valence-electron chi connectivity index (χ4n) is 1.10. The van der Waals surface area contributed by atoms with Crippen molar-refractivity contribution in [2.75, 3.05) is 18.8 Å².